The zero-order valence-electron chi connectivity index (χ0n) is 11.2. The number of carbonyl (C=O) groups is 1. The fourth-order valence-electron chi connectivity index (χ4n) is 2.52. The van der Waals surface area contributed by atoms with Gasteiger partial charge in [0, 0.05) is 21.5 Å². The highest BCUT2D eigenvalue weighted by molar-refractivity contribution is 9.10. The summed E-state index contributed by atoms with van der Waals surface area (Å²) in [6.07, 6.45) is 3.47. The maximum absolute atomic E-state index is 12.3. The van der Waals surface area contributed by atoms with E-state index < -0.39 is 0 Å². The number of hydrogen-bond donors (Lipinski definition) is 2. The molecule has 1 N–H and O–H groups in total. The second-order valence-electron chi connectivity index (χ2n) is 5.14. The van der Waals surface area contributed by atoms with E-state index in [2.05, 4.69) is 52.8 Å². The van der Waals surface area contributed by atoms with Crippen LogP contribution in [0.15, 0.2) is 27.6 Å². The molecule has 1 aliphatic heterocycles. The summed E-state index contributed by atoms with van der Waals surface area (Å²) in [5.41, 5.74) is 3.63. The van der Waals surface area contributed by atoms with Crippen LogP contribution in [0.2, 0.25) is 0 Å². The van der Waals surface area contributed by atoms with E-state index in [0.29, 0.717) is 22.5 Å². The maximum atomic E-state index is 12.3. The van der Waals surface area contributed by atoms with Gasteiger partial charge in [-0.15, -0.1) is 12.6 Å². The summed E-state index contributed by atoms with van der Waals surface area (Å²) in [7, 11) is 0. The lowest BCUT2D eigenvalue weighted by Crippen LogP contribution is -2.54. The first-order valence-electron chi connectivity index (χ1n) is 6.57. The fourth-order valence-corrected chi connectivity index (χ4v) is 3.37. The lowest BCUT2D eigenvalue weighted by Gasteiger charge is -2.38. The van der Waals surface area contributed by atoms with Crippen molar-refractivity contribution in [1.82, 2.24) is 10.4 Å². The Labute approximate surface area is 128 Å². The first-order chi connectivity index (χ1) is 8.99. The predicted molar refractivity (Wildman–Crippen MR) is 83.5 cm³/mol. The molecule has 3 nitrogen and oxygen atoms in total. The Balaban J connectivity index is 2.11. The minimum atomic E-state index is -0.0851. The van der Waals surface area contributed by atoms with Crippen LogP contribution in [0.3, 0.4) is 0 Å². The smallest absolute Gasteiger partial charge is 0.266 e. The molecular weight excluding hydrogens is 324 g/mol. The first kappa shape index (κ1) is 14.9. The normalized spacial score (nSPS) is 24.2. The molecule has 104 valence electrons. The van der Waals surface area contributed by atoms with Crippen LogP contribution in [0.25, 0.3) is 0 Å². The van der Waals surface area contributed by atoms with Gasteiger partial charge in [0.25, 0.3) is 5.91 Å². The number of nitrogens with one attached hydrogen (secondary N) is 1. The van der Waals surface area contributed by atoms with Gasteiger partial charge in [0.1, 0.15) is 0 Å². The Hall–Kier alpha value is -0.520. The van der Waals surface area contributed by atoms with Crippen molar-refractivity contribution in [2.45, 2.75) is 50.1 Å². The number of hydrogen-bond acceptors (Lipinski definition) is 3. The summed E-state index contributed by atoms with van der Waals surface area (Å²) in [6, 6.07) is 6.25. The third-order valence-electron chi connectivity index (χ3n) is 3.63. The molecule has 0 saturated carbocycles. The van der Waals surface area contributed by atoms with Crippen LogP contribution in [-0.4, -0.2) is 23.0 Å². The van der Waals surface area contributed by atoms with E-state index in [1.165, 1.54) is 6.42 Å². The second kappa shape index (κ2) is 6.29. The van der Waals surface area contributed by atoms with Gasteiger partial charge in [0.05, 0.1) is 5.56 Å². The van der Waals surface area contributed by atoms with Crippen LogP contribution in [0.4, 0.5) is 0 Å². The van der Waals surface area contributed by atoms with E-state index in [1.807, 2.05) is 12.1 Å². The SMILES string of the molecule is CC1CCCC(C)N1NC(=O)c1ccc(Br)cc1S. The van der Waals surface area contributed by atoms with E-state index in [-0.39, 0.29) is 5.91 Å². The van der Waals surface area contributed by atoms with Gasteiger partial charge in [0.15, 0.2) is 0 Å². The molecule has 0 spiro atoms. The lowest BCUT2D eigenvalue weighted by molar-refractivity contribution is 0.0367. The second-order valence-corrected chi connectivity index (χ2v) is 6.54. The number of benzene rings is 1. The molecule has 0 radical (unpaired) electrons. The molecule has 1 saturated heterocycles. The van der Waals surface area contributed by atoms with E-state index in [4.69, 9.17) is 0 Å². The summed E-state index contributed by atoms with van der Waals surface area (Å²) in [5, 5.41) is 2.07. The van der Waals surface area contributed by atoms with Crippen LogP contribution in [0, 0.1) is 0 Å². The van der Waals surface area contributed by atoms with Crippen LogP contribution in [-0.2, 0) is 0 Å². The van der Waals surface area contributed by atoms with E-state index in [1.54, 1.807) is 6.07 Å². The first-order valence-corrected chi connectivity index (χ1v) is 7.81. The zero-order chi connectivity index (χ0) is 14.0. The molecule has 0 aliphatic carbocycles. The molecule has 2 atom stereocenters. The highest BCUT2D eigenvalue weighted by Crippen LogP contribution is 2.23. The van der Waals surface area contributed by atoms with E-state index in [0.717, 1.165) is 17.3 Å². The average Bonchev–Trinajstić information content (AvgIpc) is 2.33. The average molecular weight is 343 g/mol. The Morgan fingerprint density at radius 2 is 2.00 bits per heavy atom. The number of halogens is 1. The van der Waals surface area contributed by atoms with Gasteiger partial charge in [0.2, 0.25) is 0 Å². The number of carbonyl (C=O) groups excluding carboxylic acids is 1. The van der Waals surface area contributed by atoms with Crippen LogP contribution < -0.4 is 5.43 Å². The van der Waals surface area contributed by atoms with Gasteiger partial charge in [-0.2, -0.15) is 0 Å². The van der Waals surface area contributed by atoms with Crippen molar-refractivity contribution < 1.29 is 4.79 Å². The molecule has 1 aromatic rings. The van der Waals surface area contributed by atoms with Gasteiger partial charge in [-0.05, 0) is 44.9 Å². The number of amides is 1. The van der Waals surface area contributed by atoms with Crippen LogP contribution in [0.1, 0.15) is 43.5 Å². The maximum Gasteiger partial charge on any atom is 0.266 e. The molecule has 1 fully saturated rings. The molecule has 19 heavy (non-hydrogen) atoms. The summed E-state index contributed by atoms with van der Waals surface area (Å²) >= 11 is 7.73. The molecule has 0 aromatic heterocycles. The van der Waals surface area contributed by atoms with Crippen molar-refractivity contribution in [1.29, 1.82) is 0 Å². The largest absolute Gasteiger partial charge is 0.284 e. The predicted octanol–water partition coefficient (Wildman–Crippen LogP) is 3.65. The summed E-state index contributed by atoms with van der Waals surface area (Å²) in [5.74, 6) is -0.0851. The molecule has 1 aliphatic rings. The molecule has 5 heteroatoms. The Morgan fingerprint density at radius 1 is 1.37 bits per heavy atom. The molecule has 2 rings (SSSR count). The minimum Gasteiger partial charge on any atom is -0.284 e. The number of nitrogens with zero attached hydrogens (tertiary/aromatic N) is 1. The molecule has 0 bridgehead atoms. The molecule has 1 aromatic carbocycles. The Bertz CT molecular complexity index is 471. The minimum absolute atomic E-state index is 0.0851. The number of rotatable bonds is 2. The Kier molecular flexibility index (Phi) is 4.92. The van der Waals surface area contributed by atoms with Gasteiger partial charge in [-0.1, -0.05) is 22.4 Å². The van der Waals surface area contributed by atoms with Gasteiger partial charge < -0.3 is 0 Å². The number of hydrazine groups is 1. The summed E-state index contributed by atoms with van der Waals surface area (Å²) in [6.45, 7) is 4.30. The summed E-state index contributed by atoms with van der Waals surface area (Å²) in [4.78, 5) is 13.0. The standard InChI is InChI=1S/C14H19BrN2OS/c1-9-4-3-5-10(2)17(9)16-14(18)12-7-6-11(15)8-13(12)19/h6-10,19H,3-5H2,1-2H3,(H,16,18). The zero-order valence-corrected chi connectivity index (χ0v) is 13.7. The van der Waals surface area contributed by atoms with Crippen LogP contribution in [0.5, 0.6) is 0 Å². The van der Waals surface area contributed by atoms with Crippen molar-refractivity contribution >= 4 is 34.5 Å². The van der Waals surface area contributed by atoms with Gasteiger partial charge in [-0.3, -0.25) is 10.2 Å². The monoisotopic (exact) mass is 342 g/mol. The highest BCUT2D eigenvalue weighted by atomic mass is 79.9. The van der Waals surface area contributed by atoms with Crippen molar-refractivity contribution in [3.63, 3.8) is 0 Å². The summed E-state index contributed by atoms with van der Waals surface area (Å²) < 4.78 is 0.925. The quantitative estimate of drug-likeness (QED) is 0.804. The molecular formula is C14H19BrN2OS. The third-order valence-corrected chi connectivity index (χ3v) is 4.49. The molecule has 1 heterocycles. The highest BCUT2D eigenvalue weighted by Gasteiger charge is 2.26. The van der Waals surface area contributed by atoms with Crippen LogP contribution >= 0.6 is 28.6 Å². The van der Waals surface area contributed by atoms with Crippen molar-refractivity contribution in [2.24, 2.45) is 0 Å². The van der Waals surface area contributed by atoms with Crippen molar-refractivity contribution in [2.75, 3.05) is 0 Å². The van der Waals surface area contributed by atoms with Gasteiger partial charge in [-0.25, -0.2) is 5.01 Å². The van der Waals surface area contributed by atoms with Crippen molar-refractivity contribution in [3.05, 3.63) is 28.2 Å². The molecule has 1 amide bonds. The third kappa shape index (κ3) is 3.52. The number of thiol groups is 1. The fraction of sp³-hybridized carbons (Fsp3) is 0.500. The van der Waals surface area contributed by atoms with Gasteiger partial charge >= 0.3 is 0 Å². The lowest BCUT2D eigenvalue weighted by atomic mass is 10.00. The topological polar surface area (TPSA) is 32.3 Å². The van der Waals surface area contributed by atoms with Crippen molar-refractivity contribution in [3.8, 4) is 0 Å². The molecule has 2 unspecified atom stereocenters. The van der Waals surface area contributed by atoms with E-state index >= 15 is 0 Å². The van der Waals surface area contributed by atoms with E-state index in [9.17, 15) is 4.79 Å². The number of piperidine rings is 1. The Morgan fingerprint density at radius 3 is 2.58 bits per heavy atom.